The third-order valence-electron chi connectivity index (χ3n) is 6.67. The molecule has 5 rings (SSSR count). The Morgan fingerprint density at radius 3 is 2.41 bits per heavy atom. The van der Waals surface area contributed by atoms with E-state index in [1.54, 1.807) is 12.1 Å². The predicted molar refractivity (Wildman–Crippen MR) is 118 cm³/mol. The summed E-state index contributed by atoms with van der Waals surface area (Å²) in [5.41, 5.74) is 8.02. The van der Waals surface area contributed by atoms with Gasteiger partial charge in [0.25, 0.3) is 0 Å². The highest BCUT2D eigenvalue weighted by atomic mass is 35.5. The Hall–Kier alpha value is -2.58. The zero-order valence-corrected chi connectivity index (χ0v) is 17.3. The van der Waals surface area contributed by atoms with E-state index in [4.69, 9.17) is 16.3 Å². The Balaban J connectivity index is 1.72. The van der Waals surface area contributed by atoms with Gasteiger partial charge < -0.3 is 4.74 Å². The number of hydrogen-bond donors (Lipinski definition) is 0. The maximum atomic E-state index is 12.4. The number of hydrogen-bond acceptors (Lipinski definition) is 2. The van der Waals surface area contributed by atoms with Gasteiger partial charge in [0.1, 0.15) is 0 Å². The lowest BCUT2D eigenvalue weighted by molar-refractivity contribution is 0.0601. The summed E-state index contributed by atoms with van der Waals surface area (Å²) < 4.78 is 5.01. The van der Waals surface area contributed by atoms with Crippen molar-refractivity contribution in [2.24, 2.45) is 0 Å². The van der Waals surface area contributed by atoms with Crippen LogP contribution in [-0.2, 0) is 10.2 Å². The molecule has 0 aliphatic heterocycles. The maximum absolute atomic E-state index is 12.4. The first-order valence-electron chi connectivity index (χ1n) is 10.3. The molecule has 1 spiro atoms. The van der Waals surface area contributed by atoms with Crippen molar-refractivity contribution >= 4 is 17.6 Å². The Morgan fingerprint density at radius 1 is 0.862 bits per heavy atom. The Kier molecular flexibility index (Phi) is 4.48. The summed E-state index contributed by atoms with van der Waals surface area (Å²) in [7, 11) is 1.41. The molecule has 0 radical (unpaired) electrons. The van der Waals surface area contributed by atoms with Crippen molar-refractivity contribution in [3.63, 3.8) is 0 Å². The van der Waals surface area contributed by atoms with Crippen LogP contribution in [-0.4, -0.2) is 13.1 Å². The lowest BCUT2D eigenvalue weighted by atomic mass is 9.67. The quantitative estimate of drug-likeness (QED) is 0.430. The van der Waals surface area contributed by atoms with Crippen LogP contribution >= 0.6 is 11.6 Å². The van der Waals surface area contributed by atoms with Crippen molar-refractivity contribution in [3.05, 3.63) is 82.4 Å². The Labute approximate surface area is 176 Å². The van der Waals surface area contributed by atoms with Gasteiger partial charge in [-0.05, 0) is 70.5 Å². The van der Waals surface area contributed by atoms with Crippen molar-refractivity contribution in [1.82, 2.24) is 0 Å². The van der Waals surface area contributed by atoms with E-state index in [1.165, 1.54) is 61.5 Å². The summed E-state index contributed by atoms with van der Waals surface area (Å²) in [5, 5.41) is 0.615. The van der Waals surface area contributed by atoms with Crippen LogP contribution in [0.5, 0.6) is 0 Å². The van der Waals surface area contributed by atoms with Gasteiger partial charge in [-0.3, -0.25) is 0 Å². The number of methoxy groups -OCH3 is 1. The van der Waals surface area contributed by atoms with Gasteiger partial charge >= 0.3 is 5.97 Å². The monoisotopic (exact) mass is 402 g/mol. The minimum atomic E-state index is -0.340. The topological polar surface area (TPSA) is 26.3 Å². The largest absolute Gasteiger partial charge is 0.465 e. The van der Waals surface area contributed by atoms with Crippen LogP contribution in [0.3, 0.4) is 0 Å². The van der Waals surface area contributed by atoms with Crippen LogP contribution in [0, 0.1) is 0 Å². The van der Waals surface area contributed by atoms with E-state index in [-0.39, 0.29) is 11.4 Å². The van der Waals surface area contributed by atoms with Crippen LogP contribution in [0.4, 0.5) is 0 Å². The summed E-state index contributed by atoms with van der Waals surface area (Å²) in [5.74, 6) is -0.340. The zero-order chi connectivity index (χ0) is 20.0. The first kappa shape index (κ1) is 18.4. The molecule has 3 aromatic carbocycles. The second-order valence-corrected chi connectivity index (χ2v) is 8.57. The molecule has 1 fully saturated rings. The third kappa shape index (κ3) is 2.81. The highest BCUT2D eigenvalue weighted by Gasteiger charge is 2.43. The lowest BCUT2D eigenvalue weighted by Gasteiger charge is -2.36. The molecule has 0 heterocycles. The lowest BCUT2D eigenvalue weighted by Crippen LogP contribution is -2.28. The van der Waals surface area contributed by atoms with Crippen LogP contribution < -0.4 is 0 Å². The van der Waals surface area contributed by atoms with Crippen LogP contribution in [0.15, 0.2) is 60.7 Å². The number of halogens is 1. The molecule has 0 atom stereocenters. The molecule has 0 N–H and O–H groups in total. The summed E-state index contributed by atoms with van der Waals surface area (Å²) in [4.78, 5) is 12.4. The van der Waals surface area contributed by atoms with E-state index in [0.717, 1.165) is 11.1 Å². The molecule has 3 aromatic rings. The average Bonchev–Trinajstić information content (AvgIpc) is 3.03. The molecule has 0 unspecified atom stereocenters. The molecule has 2 aliphatic rings. The molecular formula is C26H23ClO2. The molecule has 2 nitrogen and oxygen atoms in total. The fraction of sp³-hybridized carbons (Fsp3) is 0.269. The van der Waals surface area contributed by atoms with Gasteiger partial charge in [0.15, 0.2) is 0 Å². The van der Waals surface area contributed by atoms with Gasteiger partial charge in [-0.15, -0.1) is 0 Å². The van der Waals surface area contributed by atoms with E-state index in [0.29, 0.717) is 10.6 Å². The SMILES string of the molecule is COC(=O)c1ccc(Cl)cc1-c1ccc2c(c1)C1(CCCCC1)c1ccccc1-2. The number of carbonyl (C=O) groups is 1. The molecular weight excluding hydrogens is 380 g/mol. The molecule has 3 heteroatoms. The molecule has 2 aliphatic carbocycles. The number of fused-ring (bicyclic) bond motifs is 5. The summed E-state index contributed by atoms with van der Waals surface area (Å²) in [6.45, 7) is 0. The number of carbonyl (C=O) groups excluding carboxylic acids is 1. The van der Waals surface area contributed by atoms with E-state index in [9.17, 15) is 4.79 Å². The Morgan fingerprint density at radius 2 is 1.62 bits per heavy atom. The molecule has 0 saturated heterocycles. The number of esters is 1. The molecule has 0 bridgehead atoms. The Bertz CT molecular complexity index is 1110. The van der Waals surface area contributed by atoms with E-state index >= 15 is 0 Å². The number of ether oxygens (including phenoxy) is 1. The number of benzene rings is 3. The highest BCUT2D eigenvalue weighted by molar-refractivity contribution is 6.31. The molecule has 0 aromatic heterocycles. The van der Waals surface area contributed by atoms with Crippen molar-refractivity contribution in [2.75, 3.05) is 7.11 Å². The normalized spacial score (nSPS) is 16.3. The summed E-state index contributed by atoms with van der Waals surface area (Å²) >= 11 is 6.29. The second-order valence-electron chi connectivity index (χ2n) is 8.13. The van der Waals surface area contributed by atoms with E-state index < -0.39 is 0 Å². The van der Waals surface area contributed by atoms with Crippen LogP contribution in [0.2, 0.25) is 5.02 Å². The predicted octanol–water partition coefficient (Wildman–Crippen LogP) is 7.02. The standard InChI is InChI=1S/C26H23ClO2/c1-29-25(28)21-12-10-18(27)16-22(21)17-9-11-20-19-7-3-4-8-23(19)26(24(20)15-17)13-5-2-6-14-26/h3-4,7-12,15-16H,2,5-6,13-14H2,1H3. The maximum Gasteiger partial charge on any atom is 0.338 e. The van der Waals surface area contributed by atoms with Crippen molar-refractivity contribution in [3.8, 4) is 22.3 Å². The van der Waals surface area contributed by atoms with Crippen LogP contribution in [0.1, 0.15) is 53.6 Å². The zero-order valence-electron chi connectivity index (χ0n) is 16.5. The number of rotatable bonds is 2. The first-order valence-corrected chi connectivity index (χ1v) is 10.6. The molecule has 146 valence electrons. The fourth-order valence-corrected chi connectivity index (χ4v) is 5.53. The van der Waals surface area contributed by atoms with Gasteiger partial charge in [-0.25, -0.2) is 4.79 Å². The minimum Gasteiger partial charge on any atom is -0.465 e. The highest BCUT2D eigenvalue weighted by Crippen LogP contribution is 2.56. The molecule has 0 amide bonds. The van der Waals surface area contributed by atoms with Crippen LogP contribution in [0.25, 0.3) is 22.3 Å². The van der Waals surface area contributed by atoms with Gasteiger partial charge in [0, 0.05) is 10.4 Å². The van der Waals surface area contributed by atoms with Gasteiger partial charge in [-0.2, -0.15) is 0 Å². The smallest absolute Gasteiger partial charge is 0.338 e. The fourth-order valence-electron chi connectivity index (χ4n) is 5.36. The summed E-state index contributed by atoms with van der Waals surface area (Å²) in [6.07, 6.45) is 6.17. The van der Waals surface area contributed by atoms with Crippen molar-refractivity contribution in [1.29, 1.82) is 0 Å². The van der Waals surface area contributed by atoms with E-state index in [1.807, 2.05) is 6.07 Å². The average molecular weight is 403 g/mol. The second kappa shape index (κ2) is 7.03. The van der Waals surface area contributed by atoms with Gasteiger partial charge in [0.05, 0.1) is 12.7 Å². The minimum absolute atomic E-state index is 0.0875. The van der Waals surface area contributed by atoms with Gasteiger partial charge in [-0.1, -0.05) is 67.3 Å². The van der Waals surface area contributed by atoms with Crippen molar-refractivity contribution < 1.29 is 9.53 Å². The first-order chi connectivity index (χ1) is 14.1. The van der Waals surface area contributed by atoms with E-state index in [2.05, 4.69) is 42.5 Å². The van der Waals surface area contributed by atoms with Crippen molar-refractivity contribution in [2.45, 2.75) is 37.5 Å². The third-order valence-corrected chi connectivity index (χ3v) is 6.91. The summed E-state index contributed by atoms with van der Waals surface area (Å²) in [6, 6.07) is 20.8. The molecule has 1 saturated carbocycles. The molecule has 29 heavy (non-hydrogen) atoms. The van der Waals surface area contributed by atoms with Gasteiger partial charge in [0.2, 0.25) is 0 Å².